The van der Waals surface area contributed by atoms with Crippen molar-refractivity contribution in [1.82, 2.24) is 8.77 Å². The largest absolute Gasteiger partial charge is 0.416 e. The number of hydroxylamine groups is 2. The van der Waals surface area contributed by atoms with E-state index < -0.39 is 55.5 Å². The summed E-state index contributed by atoms with van der Waals surface area (Å²) in [6.45, 7) is 7.10. The van der Waals surface area contributed by atoms with Crippen LogP contribution >= 0.6 is 0 Å². The first kappa shape index (κ1) is 32.2. The molecule has 0 bridgehead atoms. The van der Waals surface area contributed by atoms with E-state index in [-0.39, 0.29) is 15.4 Å². The summed E-state index contributed by atoms with van der Waals surface area (Å²) >= 11 is 0. The SMILES string of the molecule is CC1(C)CCCC(C)(C)N1OC(CN(S(=O)(=O)c1ccccc1)S(=O)(=O)c1ccccc1)c1ccc(C(F)(F)F)cc1. The Kier molecular flexibility index (Phi) is 8.97. The first-order chi connectivity index (χ1) is 19.5. The van der Waals surface area contributed by atoms with E-state index in [1.807, 2.05) is 27.7 Å². The van der Waals surface area contributed by atoms with E-state index in [0.717, 1.165) is 31.4 Å². The Balaban J connectivity index is 1.87. The van der Waals surface area contributed by atoms with Crippen LogP contribution in [-0.2, 0) is 31.1 Å². The van der Waals surface area contributed by atoms with Gasteiger partial charge in [0.05, 0.1) is 21.9 Å². The minimum atomic E-state index is -4.67. The van der Waals surface area contributed by atoms with Crippen molar-refractivity contribution >= 4 is 20.0 Å². The molecule has 1 saturated heterocycles. The summed E-state index contributed by atoms with van der Waals surface area (Å²) in [5.41, 5.74) is -1.77. The van der Waals surface area contributed by atoms with Gasteiger partial charge in [0, 0.05) is 11.1 Å². The van der Waals surface area contributed by atoms with Gasteiger partial charge in [0.25, 0.3) is 20.0 Å². The molecule has 1 aliphatic rings. The molecule has 12 heteroatoms. The first-order valence-electron chi connectivity index (χ1n) is 13.5. The van der Waals surface area contributed by atoms with Gasteiger partial charge in [0.1, 0.15) is 6.10 Å². The third kappa shape index (κ3) is 6.73. The summed E-state index contributed by atoms with van der Waals surface area (Å²) in [7, 11) is -9.35. The lowest BCUT2D eigenvalue weighted by atomic mass is 9.82. The van der Waals surface area contributed by atoms with E-state index >= 15 is 0 Å². The molecule has 0 N–H and O–H groups in total. The van der Waals surface area contributed by atoms with Gasteiger partial charge in [-0.15, -0.1) is 0 Å². The van der Waals surface area contributed by atoms with Gasteiger partial charge in [0.2, 0.25) is 0 Å². The molecule has 1 atom stereocenters. The Bertz CT molecular complexity index is 1490. The summed E-state index contributed by atoms with van der Waals surface area (Å²) in [6.07, 6.45) is -3.48. The van der Waals surface area contributed by atoms with Gasteiger partial charge in [-0.3, -0.25) is 4.84 Å². The van der Waals surface area contributed by atoms with E-state index in [1.54, 1.807) is 17.2 Å². The second kappa shape index (κ2) is 11.7. The van der Waals surface area contributed by atoms with Gasteiger partial charge in [-0.05, 0) is 88.9 Å². The molecular formula is C30H35F3N2O5S2. The van der Waals surface area contributed by atoms with Crippen molar-refractivity contribution in [2.45, 2.75) is 80.1 Å². The maximum Gasteiger partial charge on any atom is 0.416 e. The summed E-state index contributed by atoms with van der Waals surface area (Å²) in [5, 5.41) is 1.73. The van der Waals surface area contributed by atoms with Crippen molar-refractivity contribution in [3.63, 3.8) is 0 Å². The standard InChI is InChI=1S/C30H35F3N2O5S2/c1-28(2)20-11-21-29(3,4)35(28)40-27(23-16-18-24(19-17-23)30(31,32)33)22-34(41(36,37)25-12-7-5-8-13-25)42(38,39)26-14-9-6-10-15-26/h5-10,12-19,27H,11,20-22H2,1-4H3. The molecule has 1 aliphatic heterocycles. The number of hydrogen-bond donors (Lipinski definition) is 0. The highest BCUT2D eigenvalue weighted by atomic mass is 32.3. The normalized spacial score (nSPS) is 18.6. The molecule has 1 fully saturated rings. The van der Waals surface area contributed by atoms with Gasteiger partial charge in [0.15, 0.2) is 0 Å². The minimum Gasteiger partial charge on any atom is -0.288 e. The number of sulfonamides is 2. The van der Waals surface area contributed by atoms with Gasteiger partial charge < -0.3 is 0 Å². The van der Waals surface area contributed by atoms with Crippen LogP contribution in [0.2, 0.25) is 0 Å². The first-order valence-corrected chi connectivity index (χ1v) is 16.4. The van der Waals surface area contributed by atoms with Gasteiger partial charge in [-0.1, -0.05) is 52.2 Å². The van der Waals surface area contributed by atoms with Crippen LogP contribution in [0.3, 0.4) is 0 Å². The highest BCUT2D eigenvalue weighted by Crippen LogP contribution is 2.41. The Morgan fingerprint density at radius 2 is 1.19 bits per heavy atom. The maximum absolute atomic E-state index is 14.0. The van der Waals surface area contributed by atoms with E-state index in [2.05, 4.69) is 0 Å². The smallest absolute Gasteiger partial charge is 0.288 e. The van der Waals surface area contributed by atoms with Crippen LogP contribution < -0.4 is 0 Å². The van der Waals surface area contributed by atoms with Crippen molar-refractivity contribution < 1.29 is 34.8 Å². The predicted octanol–water partition coefficient (Wildman–Crippen LogP) is 6.80. The number of halogens is 3. The van der Waals surface area contributed by atoms with Crippen LogP contribution in [0, 0.1) is 0 Å². The molecule has 7 nitrogen and oxygen atoms in total. The zero-order valence-electron chi connectivity index (χ0n) is 23.9. The van der Waals surface area contributed by atoms with Gasteiger partial charge in [-0.25, -0.2) is 16.8 Å². The fraction of sp³-hybridized carbons (Fsp3) is 0.400. The lowest BCUT2D eigenvalue weighted by molar-refractivity contribution is -0.306. The van der Waals surface area contributed by atoms with Crippen molar-refractivity contribution in [3.05, 3.63) is 96.1 Å². The topological polar surface area (TPSA) is 84.0 Å². The molecular weight excluding hydrogens is 589 g/mol. The molecule has 0 radical (unpaired) electrons. The highest BCUT2D eigenvalue weighted by molar-refractivity contribution is 8.04. The number of nitrogens with zero attached hydrogens (tertiary/aromatic N) is 2. The number of alkyl halides is 3. The molecule has 3 aromatic rings. The second-order valence-electron chi connectivity index (χ2n) is 11.6. The van der Waals surface area contributed by atoms with E-state index in [1.165, 1.54) is 60.7 Å². The summed E-state index contributed by atoms with van der Waals surface area (Å²) in [6, 6.07) is 18.4. The molecule has 1 unspecified atom stereocenters. The average molecular weight is 625 g/mol. The van der Waals surface area contributed by atoms with Crippen molar-refractivity contribution in [1.29, 1.82) is 0 Å². The van der Waals surface area contributed by atoms with Crippen LogP contribution in [0.5, 0.6) is 0 Å². The number of hydrogen-bond acceptors (Lipinski definition) is 6. The molecule has 0 amide bonds. The molecule has 0 saturated carbocycles. The Hall–Kier alpha value is -2.77. The monoisotopic (exact) mass is 624 g/mol. The van der Waals surface area contributed by atoms with Crippen LogP contribution in [-0.4, -0.2) is 43.2 Å². The number of benzene rings is 3. The Morgan fingerprint density at radius 3 is 1.60 bits per heavy atom. The van der Waals surface area contributed by atoms with E-state index in [4.69, 9.17) is 4.84 Å². The molecule has 3 aromatic carbocycles. The summed E-state index contributed by atoms with van der Waals surface area (Å²) < 4.78 is 96.5. The van der Waals surface area contributed by atoms with E-state index in [9.17, 15) is 30.0 Å². The zero-order valence-corrected chi connectivity index (χ0v) is 25.5. The summed E-state index contributed by atoms with van der Waals surface area (Å²) in [4.78, 5) is 6.00. The zero-order chi connectivity index (χ0) is 31.0. The van der Waals surface area contributed by atoms with Gasteiger partial charge in [-0.2, -0.15) is 18.2 Å². The molecule has 228 valence electrons. The van der Waals surface area contributed by atoms with Crippen LogP contribution in [0.15, 0.2) is 94.7 Å². The number of rotatable bonds is 9. The Labute approximate surface area is 246 Å². The molecule has 0 spiro atoms. The van der Waals surface area contributed by atoms with Crippen molar-refractivity contribution in [2.75, 3.05) is 6.54 Å². The third-order valence-corrected chi connectivity index (χ3v) is 11.7. The number of piperidine rings is 1. The van der Waals surface area contributed by atoms with Gasteiger partial charge >= 0.3 is 6.18 Å². The molecule has 4 rings (SSSR count). The van der Waals surface area contributed by atoms with Crippen LogP contribution in [0.25, 0.3) is 0 Å². The Morgan fingerprint density at radius 1 is 0.762 bits per heavy atom. The summed E-state index contributed by atoms with van der Waals surface area (Å²) in [5.74, 6) is 0. The predicted molar refractivity (Wildman–Crippen MR) is 153 cm³/mol. The maximum atomic E-state index is 14.0. The van der Waals surface area contributed by atoms with Crippen molar-refractivity contribution in [3.8, 4) is 0 Å². The third-order valence-electron chi connectivity index (χ3n) is 7.45. The minimum absolute atomic E-state index is 0.191. The molecule has 0 aliphatic carbocycles. The fourth-order valence-corrected chi connectivity index (χ4v) is 9.04. The molecule has 0 aromatic heterocycles. The van der Waals surface area contributed by atoms with E-state index in [0.29, 0.717) is 3.71 Å². The van der Waals surface area contributed by atoms with Crippen LogP contribution in [0.4, 0.5) is 13.2 Å². The second-order valence-corrected chi connectivity index (χ2v) is 15.5. The quantitative estimate of drug-likeness (QED) is 0.260. The lowest BCUT2D eigenvalue weighted by Crippen LogP contribution is -2.59. The van der Waals surface area contributed by atoms with Crippen LogP contribution in [0.1, 0.15) is 64.2 Å². The average Bonchev–Trinajstić information content (AvgIpc) is 2.92. The molecule has 42 heavy (non-hydrogen) atoms. The van der Waals surface area contributed by atoms with Crippen molar-refractivity contribution in [2.24, 2.45) is 0 Å². The lowest BCUT2D eigenvalue weighted by Gasteiger charge is -2.52. The highest BCUT2D eigenvalue weighted by Gasteiger charge is 2.46. The molecule has 1 heterocycles. The fourth-order valence-electron chi connectivity index (χ4n) is 5.36.